The number of phenolic OH excluding ortho intramolecular Hbond substituents is 1. The molecule has 0 saturated carbocycles. The average Bonchev–Trinajstić information content (AvgIpc) is 2.79. The van der Waals surface area contributed by atoms with Gasteiger partial charge in [0.1, 0.15) is 11.4 Å². The zero-order valence-electron chi connectivity index (χ0n) is 11.0. The fourth-order valence-electron chi connectivity index (χ4n) is 2.25. The number of carbonyl (C=O) groups is 1. The van der Waals surface area contributed by atoms with Crippen LogP contribution in [0.25, 0.3) is 10.9 Å². The van der Waals surface area contributed by atoms with Gasteiger partial charge in [-0.3, -0.25) is 4.79 Å². The van der Waals surface area contributed by atoms with Gasteiger partial charge < -0.3 is 15.0 Å². The minimum Gasteiger partial charge on any atom is -0.508 e. The van der Waals surface area contributed by atoms with Gasteiger partial charge in [-0.05, 0) is 36.4 Å². The van der Waals surface area contributed by atoms with E-state index in [0.29, 0.717) is 11.4 Å². The molecule has 0 saturated heterocycles. The van der Waals surface area contributed by atoms with Gasteiger partial charge >= 0.3 is 0 Å². The van der Waals surface area contributed by atoms with E-state index in [9.17, 15) is 9.90 Å². The van der Waals surface area contributed by atoms with Crippen molar-refractivity contribution in [2.75, 3.05) is 5.32 Å². The molecule has 0 aliphatic carbocycles. The van der Waals surface area contributed by atoms with Crippen LogP contribution in [0.1, 0.15) is 10.5 Å². The van der Waals surface area contributed by atoms with Crippen molar-refractivity contribution in [3.8, 4) is 5.75 Å². The molecular formula is C16H14N2O2. The predicted molar refractivity (Wildman–Crippen MR) is 79.0 cm³/mol. The van der Waals surface area contributed by atoms with E-state index < -0.39 is 0 Å². The van der Waals surface area contributed by atoms with Gasteiger partial charge in [-0.1, -0.05) is 18.2 Å². The fourth-order valence-corrected chi connectivity index (χ4v) is 2.25. The highest BCUT2D eigenvalue weighted by Crippen LogP contribution is 2.20. The van der Waals surface area contributed by atoms with Gasteiger partial charge in [-0.25, -0.2) is 0 Å². The molecule has 0 atom stereocenters. The lowest BCUT2D eigenvalue weighted by Crippen LogP contribution is -2.15. The van der Waals surface area contributed by atoms with Crippen LogP contribution in [0.2, 0.25) is 0 Å². The first-order chi connectivity index (χ1) is 9.65. The maximum Gasteiger partial charge on any atom is 0.272 e. The number of fused-ring (bicyclic) bond motifs is 1. The molecule has 0 radical (unpaired) electrons. The molecule has 0 fully saturated rings. The van der Waals surface area contributed by atoms with E-state index in [4.69, 9.17) is 0 Å². The van der Waals surface area contributed by atoms with Gasteiger partial charge in [-0.15, -0.1) is 0 Å². The molecule has 1 heterocycles. The van der Waals surface area contributed by atoms with Gasteiger partial charge in [0.05, 0.1) is 0 Å². The molecule has 1 amide bonds. The van der Waals surface area contributed by atoms with Crippen molar-refractivity contribution in [1.82, 2.24) is 4.57 Å². The average molecular weight is 266 g/mol. The van der Waals surface area contributed by atoms with E-state index in [1.165, 1.54) is 12.1 Å². The Morgan fingerprint density at radius 1 is 1.10 bits per heavy atom. The van der Waals surface area contributed by atoms with Crippen LogP contribution in [0, 0.1) is 0 Å². The molecule has 0 aliphatic rings. The van der Waals surface area contributed by atoms with Crippen LogP contribution < -0.4 is 5.32 Å². The second-order valence-corrected chi connectivity index (χ2v) is 4.65. The van der Waals surface area contributed by atoms with Gasteiger partial charge in [0.15, 0.2) is 0 Å². The van der Waals surface area contributed by atoms with Crippen LogP contribution in [0.3, 0.4) is 0 Å². The highest BCUT2D eigenvalue weighted by Gasteiger charge is 2.13. The first-order valence-corrected chi connectivity index (χ1v) is 6.30. The van der Waals surface area contributed by atoms with Gasteiger partial charge in [-0.2, -0.15) is 0 Å². The largest absolute Gasteiger partial charge is 0.508 e. The van der Waals surface area contributed by atoms with Crippen LogP contribution in [0.5, 0.6) is 5.75 Å². The molecule has 4 nitrogen and oxygen atoms in total. The first kappa shape index (κ1) is 12.3. The lowest BCUT2D eigenvalue weighted by molar-refractivity contribution is 0.101. The fraction of sp³-hybridized carbons (Fsp3) is 0.0625. The summed E-state index contributed by atoms with van der Waals surface area (Å²) in [4.78, 5) is 12.3. The Bertz CT molecular complexity index is 773. The molecule has 20 heavy (non-hydrogen) atoms. The smallest absolute Gasteiger partial charge is 0.272 e. The highest BCUT2D eigenvalue weighted by molar-refractivity contribution is 6.06. The normalized spacial score (nSPS) is 10.7. The summed E-state index contributed by atoms with van der Waals surface area (Å²) in [6, 6.07) is 16.1. The number of amides is 1. The van der Waals surface area contributed by atoms with Gasteiger partial charge in [0.25, 0.3) is 5.91 Å². The van der Waals surface area contributed by atoms with Crippen molar-refractivity contribution in [3.63, 3.8) is 0 Å². The summed E-state index contributed by atoms with van der Waals surface area (Å²) in [5, 5.41) is 13.1. The van der Waals surface area contributed by atoms with Crippen molar-refractivity contribution in [3.05, 3.63) is 60.3 Å². The third kappa shape index (κ3) is 2.12. The molecule has 2 aromatic carbocycles. The molecule has 2 N–H and O–H groups in total. The second kappa shape index (κ2) is 4.74. The van der Waals surface area contributed by atoms with E-state index in [1.807, 2.05) is 41.9 Å². The number of aromatic hydroxyl groups is 1. The Morgan fingerprint density at radius 3 is 2.50 bits per heavy atom. The van der Waals surface area contributed by atoms with Crippen molar-refractivity contribution in [2.45, 2.75) is 0 Å². The Morgan fingerprint density at radius 2 is 1.80 bits per heavy atom. The Balaban J connectivity index is 1.92. The molecule has 3 rings (SSSR count). The number of aromatic nitrogens is 1. The molecule has 0 aliphatic heterocycles. The number of hydrogen-bond acceptors (Lipinski definition) is 2. The lowest BCUT2D eigenvalue weighted by Gasteiger charge is -2.06. The van der Waals surface area contributed by atoms with Crippen molar-refractivity contribution < 1.29 is 9.90 Å². The molecule has 100 valence electrons. The summed E-state index contributed by atoms with van der Waals surface area (Å²) < 4.78 is 1.87. The Hall–Kier alpha value is -2.75. The number of anilines is 1. The number of phenols is 1. The van der Waals surface area contributed by atoms with E-state index >= 15 is 0 Å². The van der Waals surface area contributed by atoms with Gasteiger partial charge in [0.2, 0.25) is 0 Å². The molecule has 4 heteroatoms. The zero-order chi connectivity index (χ0) is 14.1. The SMILES string of the molecule is Cn1c(C(=O)Nc2ccc(O)cc2)cc2ccccc21. The number of benzene rings is 2. The minimum atomic E-state index is -0.172. The van der Waals surface area contributed by atoms with Gasteiger partial charge in [0, 0.05) is 23.6 Å². The monoisotopic (exact) mass is 266 g/mol. The number of hydrogen-bond donors (Lipinski definition) is 2. The van der Waals surface area contributed by atoms with Crippen LogP contribution in [0.15, 0.2) is 54.6 Å². The van der Waals surface area contributed by atoms with Crippen LogP contribution in [-0.2, 0) is 7.05 Å². The third-order valence-corrected chi connectivity index (χ3v) is 3.31. The molecule has 0 spiro atoms. The number of para-hydroxylation sites is 1. The number of nitrogens with one attached hydrogen (secondary N) is 1. The quantitative estimate of drug-likeness (QED) is 0.700. The number of rotatable bonds is 2. The van der Waals surface area contributed by atoms with Crippen LogP contribution in [0.4, 0.5) is 5.69 Å². The summed E-state index contributed by atoms with van der Waals surface area (Å²) >= 11 is 0. The third-order valence-electron chi connectivity index (χ3n) is 3.31. The Labute approximate surface area is 116 Å². The van der Waals surface area contributed by atoms with Crippen LogP contribution >= 0.6 is 0 Å². The Kier molecular flexibility index (Phi) is 2.91. The van der Waals surface area contributed by atoms with E-state index in [0.717, 1.165) is 10.9 Å². The molecule has 0 bridgehead atoms. The topological polar surface area (TPSA) is 54.3 Å². The summed E-state index contributed by atoms with van der Waals surface area (Å²) in [5.74, 6) is 0.00185. The molecule has 3 aromatic rings. The molecule has 0 unspecified atom stereocenters. The van der Waals surface area contributed by atoms with Crippen LogP contribution in [-0.4, -0.2) is 15.6 Å². The molecule has 1 aromatic heterocycles. The number of aryl methyl sites for hydroxylation is 1. The minimum absolute atomic E-state index is 0.172. The predicted octanol–water partition coefficient (Wildman–Crippen LogP) is 3.14. The summed E-state index contributed by atoms with van der Waals surface area (Å²) in [6.07, 6.45) is 0. The second-order valence-electron chi connectivity index (χ2n) is 4.65. The highest BCUT2D eigenvalue weighted by atomic mass is 16.3. The van der Waals surface area contributed by atoms with Crippen molar-refractivity contribution in [1.29, 1.82) is 0 Å². The number of nitrogens with zero attached hydrogens (tertiary/aromatic N) is 1. The molecular weight excluding hydrogens is 252 g/mol. The van der Waals surface area contributed by atoms with Crippen molar-refractivity contribution in [2.24, 2.45) is 7.05 Å². The first-order valence-electron chi connectivity index (χ1n) is 6.30. The summed E-state index contributed by atoms with van der Waals surface area (Å²) in [7, 11) is 1.87. The summed E-state index contributed by atoms with van der Waals surface area (Å²) in [6.45, 7) is 0. The zero-order valence-corrected chi connectivity index (χ0v) is 11.0. The standard InChI is InChI=1S/C16H14N2O2/c1-18-14-5-3-2-4-11(14)10-15(18)16(20)17-12-6-8-13(19)9-7-12/h2-10,19H,1H3,(H,17,20). The van der Waals surface area contributed by atoms with E-state index in [2.05, 4.69) is 5.32 Å². The lowest BCUT2D eigenvalue weighted by atomic mass is 10.2. The van der Waals surface area contributed by atoms with Crippen molar-refractivity contribution >= 4 is 22.5 Å². The summed E-state index contributed by atoms with van der Waals surface area (Å²) in [5.41, 5.74) is 2.26. The number of carbonyl (C=O) groups excluding carboxylic acids is 1. The van der Waals surface area contributed by atoms with E-state index in [1.54, 1.807) is 12.1 Å². The van der Waals surface area contributed by atoms with E-state index in [-0.39, 0.29) is 11.7 Å². The maximum atomic E-state index is 12.3. The maximum absolute atomic E-state index is 12.3.